The van der Waals surface area contributed by atoms with Crippen LogP contribution in [-0.4, -0.2) is 17.6 Å². The molecule has 1 aromatic carbocycles. The summed E-state index contributed by atoms with van der Waals surface area (Å²) < 4.78 is 0. The van der Waals surface area contributed by atoms with Crippen LogP contribution in [0.5, 0.6) is 0 Å². The quantitative estimate of drug-likeness (QED) is 0.684. The molecule has 0 saturated heterocycles. The molecular formula is C9H11NO2. The van der Waals surface area contributed by atoms with E-state index in [1.54, 1.807) is 6.07 Å². The fraction of sp³-hybridized carbons (Fsp3) is 0.222. The van der Waals surface area contributed by atoms with Gasteiger partial charge in [-0.1, -0.05) is 12.1 Å². The Morgan fingerprint density at radius 2 is 2.33 bits per heavy atom. The minimum atomic E-state index is -0.478. The number of benzene rings is 1. The smallest absolute Gasteiger partial charge is 0.250 e. The number of hydrogen-bond donors (Lipinski definition) is 2. The predicted molar refractivity (Wildman–Crippen MR) is 46.9 cm³/mol. The van der Waals surface area contributed by atoms with E-state index in [2.05, 4.69) is 5.32 Å². The zero-order chi connectivity index (χ0) is 8.97. The standard InChI is InChI=1S/C9H11NO2/c1-7-3-2-4-8(5-7)10-9(12)6-11/h2-5,11H,6H2,1H3,(H,10,12). The number of aryl methyl sites for hydroxylation is 1. The van der Waals surface area contributed by atoms with Gasteiger partial charge in [0.1, 0.15) is 6.61 Å². The molecule has 0 aliphatic rings. The first-order chi connectivity index (χ1) is 5.72. The maximum absolute atomic E-state index is 10.7. The second-order valence-corrected chi connectivity index (χ2v) is 2.58. The van der Waals surface area contributed by atoms with E-state index >= 15 is 0 Å². The van der Waals surface area contributed by atoms with Crippen molar-refractivity contribution in [3.63, 3.8) is 0 Å². The van der Waals surface area contributed by atoms with Gasteiger partial charge in [0.15, 0.2) is 0 Å². The fourth-order valence-electron chi connectivity index (χ4n) is 0.923. The normalized spacial score (nSPS) is 9.50. The summed E-state index contributed by atoms with van der Waals surface area (Å²) in [5, 5.41) is 11.0. The Morgan fingerprint density at radius 1 is 1.58 bits per heavy atom. The summed E-state index contributed by atoms with van der Waals surface area (Å²) in [6.45, 7) is 1.46. The van der Waals surface area contributed by atoms with E-state index < -0.39 is 6.61 Å². The van der Waals surface area contributed by atoms with Gasteiger partial charge in [-0.3, -0.25) is 4.79 Å². The van der Waals surface area contributed by atoms with Crippen LogP contribution in [0.1, 0.15) is 5.56 Å². The highest BCUT2D eigenvalue weighted by atomic mass is 16.3. The van der Waals surface area contributed by atoms with E-state index in [-0.39, 0.29) is 5.91 Å². The van der Waals surface area contributed by atoms with E-state index in [4.69, 9.17) is 5.11 Å². The van der Waals surface area contributed by atoms with Gasteiger partial charge in [-0.2, -0.15) is 0 Å². The van der Waals surface area contributed by atoms with Crippen molar-refractivity contribution in [1.82, 2.24) is 0 Å². The van der Waals surface area contributed by atoms with Crippen LogP contribution in [0, 0.1) is 6.92 Å². The molecule has 64 valence electrons. The highest BCUT2D eigenvalue weighted by Crippen LogP contribution is 2.08. The van der Waals surface area contributed by atoms with Gasteiger partial charge in [0, 0.05) is 5.69 Å². The maximum atomic E-state index is 10.7. The first-order valence-corrected chi connectivity index (χ1v) is 3.70. The molecule has 0 fully saturated rings. The summed E-state index contributed by atoms with van der Waals surface area (Å²) >= 11 is 0. The molecule has 0 heterocycles. The Hall–Kier alpha value is -1.35. The topological polar surface area (TPSA) is 49.3 Å². The van der Waals surface area contributed by atoms with Crippen LogP contribution in [0.3, 0.4) is 0 Å². The largest absolute Gasteiger partial charge is 0.387 e. The van der Waals surface area contributed by atoms with Crippen LogP contribution in [0.15, 0.2) is 24.3 Å². The summed E-state index contributed by atoms with van der Waals surface area (Å²) in [6, 6.07) is 7.41. The SMILES string of the molecule is Cc1cccc(NC(=O)CO)c1. The number of carbonyl (C=O) groups excluding carboxylic acids is 1. The van der Waals surface area contributed by atoms with E-state index in [9.17, 15) is 4.79 Å². The second-order valence-electron chi connectivity index (χ2n) is 2.58. The molecule has 0 aromatic heterocycles. The van der Waals surface area contributed by atoms with Crippen molar-refractivity contribution >= 4 is 11.6 Å². The third-order valence-corrected chi connectivity index (χ3v) is 1.45. The number of aliphatic hydroxyl groups excluding tert-OH is 1. The molecule has 1 amide bonds. The van der Waals surface area contributed by atoms with Gasteiger partial charge in [-0.05, 0) is 24.6 Å². The Bertz CT molecular complexity index is 284. The van der Waals surface area contributed by atoms with Gasteiger partial charge in [-0.15, -0.1) is 0 Å². The van der Waals surface area contributed by atoms with E-state index in [1.807, 2.05) is 25.1 Å². The molecule has 0 bridgehead atoms. The Labute approximate surface area is 71.0 Å². The number of carbonyl (C=O) groups is 1. The van der Waals surface area contributed by atoms with Crippen LogP contribution < -0.4 is 5.32 Å². The molecule has 0 unspecified atom stereocenters. The van der Waals surface area contributed by atoms with Gasteiger partial charge in [-0.25, -0.2) is 0 Å². The van der Waals surface area contributed by atoms with Crippen molar-refractivity contribution in [3.8, 4) is 0 Å². The summed E-state index contributed by atoms with van der Waals surface area (Å²) in [5.41, 5.74) is 1.79. The van der Waals surface area contributed by atoms with Crippen LogP contribution in [0.2, 0.25) is 0 Å². The van der Waals surface area contributed by atoms with Crippen LogP contribution >= 0.6 is 0 Å². The van der Waals surface area contributed by atoms with Crippen molar-refractivity contribution in [2.45, 2.75) is 6.92 Å². The molecule has 3 nitrogen and oxygen atoms in total. The van der Waals surface area contributed by atoms with E-state index in [1.165, 1.54) is 0 Å². The lowest BCUT2D eigenvalue weighted by atomic mass is 10.2. The maximum Gasteiger partial charge on any atom is 0.250 e. The van der Waals surface area contributed by atoms with E-state index in [0.29, 0.717) is 5.69 Å². The number of amides is 1. The van der Waals surface area contributed by atoms with Crippen molar-refractivity contribution < 1.29 is 9.90 Å². The molecule has 3 heteroatoms. The third kappa shape index (κ3) is 2.36. The molecule has 0 saturated carbocycles. The zero-order valence-electron chi connectivity index (χ0n) is 6.87. The summed E-state index contributed by atoms with van der Waals surface area (Å²) in [4.78, 5) is 10.7. The molecule has 0 spiro atoms. The Morgan fingerprint density at radius 3 is 2.92 bits per heavy atom. The lowest BCUT2D eigenvalue weighted by molar-refractivity contribution is -0.118. The first-order valence-electron chi connectivity index (χ1n) is 3.70. The molecule has 0 aliphatic carbocycles. The van der Waals surface area contributed by atoms with Crippen molar-refractivity contribution in [3.05, 3.63) is 29.8 Å². The summed E-state index contributed by atoms with van der Waals surface area (Å²) in [6.07, 6.45) is 0. The van der Waals surface area contributed by atoms with Gasteiger partial charge in [0.25, 0.3) is 0 Å². The number of nitrogens with one attached hydrogen (secondary N) is 1. The van der Waals surface area contributed by atoms with Crippen LogP contribution in [0.25, 0.3) is 0 Å². The lowest BCUT2D eigenvalue weighted by Crippen LogP contribution is -2.15. The first kappa shape index (κ1) is 8.74. The molecule has 1 rings (SSSR count). The summed E-state index contributed by atoms with van der Waals surface area (Å²) in [5.74, 6) is -0.388. The van der Waals surface area contributed by atoms with Crippen molar-refractivity contribution in [2.24, 2.45) is 0 Å². The molecule has 1 aromatic rings. The second kappa shape index (κ2) is 3.88. The Balaban J connectivity index is 2.69. The molecule has 12 heavy (non-hydrogen) atoms. The minimum Gasteiger partial charge on any atom is -0.387 e. The van der Waals surface area contributed by atoms with Gasteiger partial charge in [0.2, 0.25) is 5.91 Å². The highest BCUT2D eigenvalue weighted by Gasteiger charge is 1.98. The van der Waals surface area contributed by atoms with Gasteiger partial charge >= 0.3 is 0 Å². The van der Waals surface area contributed by atoms with Crippen molar-refractivity contribution in [2.75, 3.05) is 11.9 Å². The number of anilines is 1. The number of hydrogen-bond acceptors (Lipinski definition) is 2. The Kier molecular flexibility index (Phi) is 2.82. The zero-order valence-corrected chi connectivity index (χ0v) is 6.87. The summed E-state index contributed by atoms with van der Waals surface area (Å²) in [7, 11) is 0. The molecule has 0 atom stereocenters. The monoisotopic (exact) mass is 165 g/mol. The molecule has 0 aliphatic heterocycles. The van der Waals surface area contributed by atoms with Crippen LogP contribution in [-0.2, 0) is 4.79 Å². The van der Waals surface area contributed by atoms with Crippen LogP contribution in [0.4, 0.5) is 5.69 Å². The third-order valence-electron chi connectivity index (χ3n) is 1.45. The lowest BCUT2D eigenvalue weighted by Gasteiger charge is -2.02. The van der Waals surface area contributed by atoms with Gasteiger partial charge < -0.3 is 10.4 Å². The molecule has 0 radical (unpaired) electrons. The van der Waals surface area contributed by atoms with Crippen molar-refractivity contribution in [1.29, 1.82) is 0 Å². The molecule has 2 N–H and O–H groups in total. The number of aliphatic hydroxyl groups is 1. The van der Waals surface area contributed by atoms with Gasteiger partial charge in [0.05, 0.1) is 0 Å². The fourth-order valence-corrected chi connectivity index (χ4v) is 0.923. The predicted octanol–water partition coefficient (Wildman–Crippen LogP) is 0.926. The number of rotatable bonds is 2. The average Bonchev–Trinajstić information content (AvgIpc) is 2.04. The van der Waals surface area contributed by atoms with E-state index in [0.717, 1.165) is 5.56 Å². The molecular weight excluding hydrogens is 154 g/mol. The minimum absolute atomic E-state index is 0.388. The average molecular weight is 165 g/mol. The highest BCUT2D eigenvalue weighted by molar-refractivity contribution is 5.91.